The lowest BCUT2D eigenvalue weighted by atomic mass is 9.70. The van der Waals surface area contributed by atoms with Gasteiger partial charge in [0.2, 0.25) is 0 Å². The Hall–Kier alpha value is -0.530. The molecular weight excluding hydrogens is 248 g/mol. The van der Waals surface area contributed by atoms with Crippen molar-refractivity contribution in [2.45, 2.75) is 71.8 Å². The van der Waals surface area contributed by atoms with Crippen LogP contribution < -0.4 is 0 Å². The number of rotatable bonds is 2. The fourth-order valence-electron chi connectivity index (χ4n) is 5.87. The van der Waals surface area contributed by atoms with Gasteiger partial charge in [-0.05, 0) is 55.3 Å². The Morgan fingerprint density at radius 1 is 1.05 bits per heavy atom. The number of hydrogen-bond donors (Lipinski definition) is 0. The average Bonchev–Trinajstić information content (AvgIpc) is 3.06. The minimum atomic E-state index is 0.150. The van der Waals surface area contributed by atoms with Gasteiger partial charge in [-0.3, -0.25) is 4.79 Å². The first-order valence-corrected chi connectivity index (χ1v) is 8.65. The summed E-state index contributed by atoms with van der Waals surface area (Å²) < 4.78 is 6.06. The second kappa shape index (κ2) is 4.01. The highest BCUT2D eigenvalue weighted by Crippen LogP contribution is 2.66. The summed E-state index contributed by atoms with van der Waals surface area (Å²) in [4.78, 5) is 12.5. The Balaban J connectivity index is 1.45. The average molecular weight is 276 g/mol. The first-order valence-electron chi connectivity index (χ1n) is 8.65. The van der Waals surface area contributed by atoms with E-state index in [1.165, 1.54) is 38.5 Å². The molecule has 0 heterocycles. The van der Waals surface area contributed by atoms with Crippen molar-refractivity contribution in [2.24, 2.45) is 34.5 Å². The second-order valence-corrected chi connectivity index (χ2v) is 8.67. The molecule has 0 aromatic carbocycles. The molecule has 2 heteroatoms. The van der Waals surface area contributed by atoms with Gasteiger partial charge in [0.25, 0.3) is 0 Å². The van der Waals surface area contributed by atoms with Gasteiger partial charge in [-0.25, -0.2) is 0 Å². The molecule has 4 aliphatic rings. The highest BCUT2D eigenvalue weighted by molar-refractivity contribution is 5.77. The van der Waals surface area contributed by atoms with Crippen LogP contribution in [0.4, 0.5) is 0 Å². The van der Waals surface area contributed by atoms with Gasteiger partial charge in [-0.2, -0.15) is 0 Å². The fraction of sp³-hybridized carbons (Fsp3) is 0.944. The van der Waals surface area contributed by atoms with Gasteiger partial charge >= 0.3 is 5.97 Å². The Morgan fingerprint density at radius 2 is 1.70 bits per heavy atom. The molecule has 112 valence electrons. The molecule has 4 aliphatic carbocycles. The third-order valence-electron chi connectivity index (χ3n) is 7.90. The van der Waals surface area contributed by atoms with E-state index >= 15 is 0 Å². The van der Waals surface area contributed by atoms with Crippen LogP contribution in [-0.2, 0) is 9.53 Å². The molecule has 4 fully saturated rings. The van der Waals surface area contributed by atoms with E-state index in [0.717, 1.165) is 12.3 Å². The summed E-state index contributed by atoms with van der Waals surface area (Å²) in [5, 5.41) is 0. The van der Waals surface area contributed by atoms with E-state index in [0.29, 0.717) is 17.3 Å². The Morgan fingerprint density at radius 3 is 2.20 bits per heavy atom. The molecule has 4 rings (SSSR count). The molecule has 5 unspecified atom stereocenters. The smallest absolute Gasteiger partial charge is 0.309 e. The van der Waals surface area contributed by atoms with E-state index in [-0.39, 0.29) is 23.4 Å². The third kappa shape index (κ3) is 1.54. The monoisotopic (exact) mass is 276 g/mol. The van der Waals surface area contributed by atoms with Crippen molar-refractivity contribution in [2.75, 3.05) is 0 Å². The number of hydrogen-bond acceptors (Lipinski definition) is 2. The summed E-state index contributed by atoms with van der Waals surface area (Å²) in [7, 11) is 0. The lowest BCUT2D eigenvalue weighted by molar-refractivity contribution is -0.159. The lowest BCUT2D eigenvalue weighted by Crippen LogP contribution is -2.38. The zero-order chi connectivity index (χ0) is 14.1. The predicted molar refractivity (Wildman–Crippen MR) is 78.0 cm³/mol. The summed E-state index contributed by atoms with van der Waals surface area (Å²) in [6, 6.07) is 0. The zero-order valence-corrected chi connectivity index (χ0v) is 13.2. The third-order valence-corrected chi connectivity index (χ3v) is 7.90. The molecular formula is C18H28O2. The molecule has 0 aromatic heterocycles. The largest absolute Gasteiger partial charge is 0.462 e. The molecule has 0 amide bonds. The number of fused-ring (bicyclic) bond motifs is 3. The van der Waals surface area contributed by atoms with E-state index in [2.05, 4.69) is 20.8 Å². The van der Waals surface area contributed by atoms with Gasteiger partial charge in [-0.15, -0.1) is 0 Å². The fourth-order valence-corrected chi connectivity index (χ4v) is 5.87. The molecule has 2 bridgehead atoms. The van der Waals surface area contributed by atoms with Crippen molar-refractivity contribution >= 4 is 5.97 Å². The molecule has 0 aromatic rings. The van der Waals surface area contributed by atoms with Gasteiger partial charge in [0.1, 0.15) is 6.10 Å². The SMILES string of the molecule is CC1(C)C2CCC1(C)C(OC(=O)C1C3CCCCC31)C2. The number of carbonyl (C=O) groups is 1. The van der Waals surface area contributed by atoms with E-state index in [9.17, 15) is 4.79 Å². The second-order valence-electron chi connectivity index (χ2n) is 8.67. The summed E-state index contributed by atoms with van der Waals surface area (Å²) in [5.41, 5.74) is 0.557. The molecule has 0 N–H and O–H groups in total. The van der Waals surface area contributed by atoms with E-state index in [1.807, 2.05) is 0 Å². The van der Waals surface area contributed by atoms with Crippen LogP contribution in [0.3, 0.4) is 0 Å². The summed E-state index contributed by atoms with van der Waals surface area (Å²) in [5.74, 6) is 2.53. The van der Waals surface area contributed by atoms with Crippen LogP contribution in [0.5, 0.6) is 0 Å². The van der Waals surface area contributed by atoms with Gasteiger partial charge in [0.15, 0.2) is 0 Å². The van der Waals surface area contributed by atoms with E-state index < -0.39 is 0 Å². The topological polar surface area (TPSA) is 26.3 Å². The van der Waals surface area contributed by atoms with Crippen molar-refractivity contribution < 1.29 is 9.53 Å². The maximum Gasteiger partial charge on any atom is 0.309 e. The number of ether oxygens (including phenoxy) is 1. The van der Waals surface area contributed by atoms with Crippen molar-refractivity contribution in [1.29, 1.82) is 0 Å². The quantitative estimate of drug-likeness (QED) is 0.707. The van der Waals surface area contributed by atoms with E-state index in [4.69, 9.17) is 4.74 Å². The molecule has 0 aliphatic heterocycles. The number of carbonyl (C=O) groups excluding carboxylic acids is 1. The first-order chi connectivity index (χ1) is 9.45. The summed E-state index contributed by atoms with van der Waals surface area (Å²) in [6.07, 6.45) is 9.03. The minimum absolute atomic E-state index is 0.150. The van der Waals surface area contributed by atoms with Crippen LogP contribution in [0.1, 0.15) is 65.7 Å². The van der Waals surface area contributed by atoms with Crippen molar-refractivity contribution in [3.63, 3.8) is 0 Å². The normalized spacial score (nSPS) is 51.6. The van der Waals surface area contributed by atoms with Gasteiger partial charge in [0.05, 0.1) is 5.92 Å². The van der Waals surface area contributed by atoms with Crippen LogP contribution in [0.25, 0.3) is 0 Å². The van der Waals surface area contributed by atoms with Crippen molar-refractivity contribution in [1.82, 2.24) is 0 Å². The highest BCUT2D eigenvalue weighted by atomic mass is 16.5. The Labute approximate surface area is 122 Å². The molecule has 20 heavy (non-hydrogen) atoms. The summed E-state index contributed by atoms with van der Waals surface area (Å²) in [6.45, 7) is 7.13. The van der Waals surface area contributed by atoms with Crippen LogP contribution in [0, 0.1) is 34.5 Å². The zero-order valence-electron chi connectivity index (χ0n) is 13.2. The van der Waals surface area contributed by atoms with Gasteiger partial charge in [0, 0.05) is 5.41 Å². The number of esters is 1. The molecule has 2 nitrogen and oxygen atoms in total. The Kier molecular flexibility index (Phi) is 2.64. The lowest BCUT2D eigenvalue weighted by Gasteiger charge is -2.38. The maximum atomic E-state index is 12.5. The van der Waals surface area contributed by atoms with Crippen LogP contribution in [-0.4, -0.2) is 12.1 Å². The first kappa shape index (κ1) is 13.2. The van der Waals surface area contributed by atoms with Crippen molar-refractivity contribution in [3.8, 4) is 0 Å². The Bertz CT molecular complexity index is 429. The van der Waals surface area contributed by atoms with Gasteiger partial charge in [-0.1, -0.05) is 33.6 Å². The molecule has 5 atom stereocenters. The summed E-state index contributed by atoms with van der Waals surface area (Å²) >= 11 is 0. The molecule has 0 spiro atoms. The highest BCUT2D eigenvalue weighted by Gasteiger charge is 2.64. The molecule has 4 saturated carbocycles. The van der Waals surface area contributed by atoms with E-state index in [1.54, 1.807) is 0 Å². The molecule has 0 saturated heterocycles. The standard InChI is InChI=1S/C18H28O2/c1-17(2)11-8-9-18(17,3)14(10-11)20-16(19)15-12-6-4-5-7-13(12)15/h11-15H,4-10H2,1-3H3. The van der Waals surface area contributed by atoms with Crippen LogP contribution >= 0.6 is 0 Å². The predicted octanol–water partition coefficient (Wildman–Crippen LogP) is 4.18. The van der Waals surface area contributed by atoms with Gasteiger partial charge < -0.3 is 4.74 Å². The van der Waals surface area contributed by atoms with Crippen LogP contribution in [0.15, 0.2) is 0 Å². The van der Waals surface area contributed by atoms with Crippen molar-refractivity contribution in [3.05, 3.63) is 0 Å². The minimum Gasteiger partial charge on any atom is -0.462 e. The molecule has 0 radical (unpaired) electrons. The van der Waals surface area contributed by atoms with Crippen LogP contribution in [0.2, 0.25) is 0 Å². The maximum absolute atomic E-state index is 12.5.